The summed E-state index contributed by atoms with van der Waals surface area (Å²) in [6.45, 7) is 4.17. The van der Waals surface area contributed by atoms with Gasteiger partial charge in [-0.1, -0.05) is 6.07 Å². The highest BCUT2D eigenvalue weighted by molar-refractivity contribution is 5.95. The van der Waals surface area contributed by atoms with Gasteiger partial charge in [-0.05, 0) is 31.9 Å². The highest BCUT2D eigenvalue weighted by atomic mass is 19.1. The van der Waals surface area contributed by atoms with Crippen molar-refractivity contribution in [1.82, 2.24) is 0 Å². The second-order valence-electron chi connectivity index (χ2n) is 3.07. The summed E-state index contributed by atoms with van der Waals surface area (Å²) in [6, 6.07) is 1.39. The standard InChI is InChI=1S/C10H10F2O/c1-5-4-6(2)10(12)8(7(3)13)9(5)11/h4H,1-3H3. The van der Waals surface area contributed by atoms with Crippen molar-refractivity contribution in [2.75, 3.05) is 0 Å². The molecule has 13 heavy (non-hydrogen) atoms. The molecule has 0 aliphatic heterocycles. The first-order valence-electron chi connectivity index (χ1n) is 3.91. The monoisotopic (exact) mass is 184 g/mol. The van der Waals surface area contributed by atoms with E-state index in [-0.39, 0.29) is 0 Å². The molecule has 0 saturated carbocycles. The zero-order valence-corrected chi connectivity index (χ0v) is 7.74. The smallest absolute Gasteiger partial charge is 0.165 e. The van der Waals surface area contributed by atoms with E-state index in [0.29, 0.717) is 11.1 Å². The van der Waals surface area contributed by atoms with Crippen molar-refractivity contribution in [2.24, 2.45) is 0 Å². The Labute approximate surface area is 75.4 Å². The zero-order valence-electron chi connectivity index (χ0n) is 7.74. The van der Waals surface area contributed by atoms with Crippen molar-refractivity contribution in [3.8, 4) is 0 Å². The average molecular weight is 184 g/mol. The number of rotatable bonds is 1. The Hall–Kier alpha value is -1.25. The van der Waals surface area contributed by atoms with E-state index < -0.39 is 23.0 Å². The minimum atomic E-state index is -0.754. The molecule has 0 bridgehead atoms. The van der Waals surface area contributed by atoms with Gasteiger partial charge < -0.3 is 0 Å². The third kappa shape index (κ3) is 1.59. The Kier molecular flexibility index (Phi) is 2.45. The molecule has 0 aromatic heterocycles. The number of aryl methyl sites for hydroxylation is 2. The second-order valence-corrected chi connectivity index (χ2v) is 3.07. The average Bonchev–Trinajstić information content (AvgIpc) is 2.01. The van der Waals surface area contributed by atoms with Gasteiger partial charge in [-0.25, -0.2) is 8.78 Å². The van der Waals surface area contributed by atoms with Crippen LogP contribution in [0, 0.1) is 25.5 Å². The van der Waals surface area contributed by atoms with Crippen LogP contribution in [-0.4, -0.2) is 5.78 Å². The van der Waals surface area contributed by atoms with Crippen LogP contribution < -0.4 is 0 Å². The van der Waals surface area contributed by atoms with E-state index in [0.717, 1.165) is 6.92 Å². The van der Waals surface area contributed by atoms with E-state index in [1.807, 2.05) is 0 Å². The van der Waals surface area contributed by atoms with Gasteiger partial charge in [-0.3, -0.25) is 4.79 Å². The maximum Gasteiger partial charge on any atom is 0.165 e. The van der Waals surface area contributed by atoms with Gasteiger partial charge in [0.2, 0.25) is 0 Å². The molecular weight excluding hydrogens is 174 g/mol. The van der Waals surface area contributed by atoms with Crippen LogP contribution in [0.15, 0.2) is 6.07 Å². The van der Waals surface area contributed by atoms with E-state index in [1.165, 1.54) is 19.9 Å². The van der Waals surface area contributed by atoms with Crippen LogP contribution in [0.3, 0.4) is 0 Å². The molecule has 1 nitrogen and oxygen atoms in total. The summed E-state index contributed by atoms with van der Waals surface area (Å²) in [6.07, 6.45) is 0. The van der Waals surface area contributed by atoms with Gasteiger partial charge in [-0.15, -0.1) is 0 Å². The Morgan fingerprint density at radius 2 is 1.54 bits per heavy atom. The molecule has 1 rings (SSSR count). The first-order valence-corrected chi connectivity index (χ1v) is 3.91. The number of ketones is 1. The number of benzene rings is 1. The fraction of sp³-hybridized carbons (Fsp3) is 0.300. The molecule has 3 heteroatoms. The van der Waals surface area contributed by atoms with Crippen LogP contribution in [0.5, 0.6) is 0 Å². The van der Waals surface area contributed by atoms with Crippen LogP contribution in [0.2, 0.25) is 0 Å². The SMILES string of the molecule is CC(=O)c1c(F)c(C)cc(C)c1F. The van der Waals surface area contributed by atoms with E-state index in [4.69, 9.17) is 0 Å². The topological polar surface area (TPSA) is 17.1 Å². The molecular formula is C10H10F2O. The lowest BCUT2D eigenvalue weighted by molar-refractivity contribution is 0.100. The zero-order chi connectivity index (χ0) is 10.2. The molecule has 0 amide bonds. The molecule has 1 aromatic carbocycles. The molecule has 0 saturated heterocycles. The molecule has 0 spiro atoms. The highest BCUT2D eigenvalue weighted by Gasteiger charge is 2.17. The van der Waals surface area contributed by atoms with Gasteiger partial charge in [0.05, 0.1) is 5.56 Å². The minimum absolute atomic E-state index is 0.295. The van der Waals surface area contributed by atoms with Gasteiger partial charge in [0, 0.05) is 0 Å². The summed E-state index contributed by atoms with van der Waals surface area (Å²) >= 11 is 0. The number of hydrogen-bond acceptors (Lipinski definition) is 1. The minimum Gasteiger partial charge on any atom is -0.294 e. The van der Waals surface area contributed by atoms with Crippen LogP contribution in [0.1, 0.15) is 28.4 Å². The highest BCUT2D eigenvalue weighted by Crippen LogP contribution is 2.20. The van der Waals surface area contributed by atoms with Gasteiger partial charge in [0.15, 0.2) is 5.78 Å². The summed E-state index contributed by atoms with van der Waals surface area (Å²) in [4.78, 5) is 10.9. The van der Waals surface area contributed by atoms with Crippen molar-refractivity contribution in [3.05, 3.63) is 34.4 Å². The first-order chi connectivity index (χ1) is 5.95. The number of Topliss-reactive ketones (excluding diaryl/α,β-unsaturated/α-hetero) is 1. The molecule has 0 aliphatic carbocycles. The van der Waals surface area contributed by atoms with Gasteiger partial charge in [0.1, 0.15) is 11.6 Å². The number of carbonyl (C=O) groups excluding carboxylic acids is 1. The number of carbonyl (C=O) groups is 1. The van der Waals surface area contributed by atoms with Crippen molar-refractivity contribution >= 4 is 5.78 Å². The lowest BCUT2D eigenvalue weighted by atomic mass is 10.0. The molecule has 1 aromatic rings. The molecule has 70 valence electrons. The summed E-state index contributed by atoms with van der Waals surface area (Å²) in [5.74, 6) is -2.09. The fourth-order valence-electron chi connectivity index (χ4n) is 1.25. The normalized spacial score (nSPS) is 10.2. The summed E-state index contributed by atoms with van der Waals surface area (Å²) < 4.78 is 26.5. The van der Waals surface area contributed by atoms with Gasteiger partial charge >= 0.3 is 0 Å². The Bertz CT molecular complexity index is 343. The Balaban J connectivity index is 3.56. The summed E-state index contributed by atoms with van der Waals surface area (Å²) in [7, 11) is 0. The number of hydrogen-bond donors (Lipinski definition) is 0. The third-order valence-electron chi connectivity index (χ3n) is 1.92. The molecule has 0 unspecified atom stereocenters. The van der Waals surface area contributed by atoms with Crippen LogP contribution in [-0.2, 0) is 0 Å². The maximum atomic E-state index is 13.2. The molecule has 0 aliphatic rings. The second kappa shape index (κ2) is 3.24. The molecule has 0 radical (unpaired) electrons. The van der Waals surface area contributed by atoms with Crippen molar-refractivity contribution in [3.63, 3.8) is 0 Å². The molecule has 0 fully saturated rings. The third-order valence-corrected chi connectivity index (χ3v) is 1.92. The first kappa shape index (κ1) is 9.84. The van der Waals surface area contributed by atoms with E-state index in [1.54, 1.807) is 0 Å². The number of halogens is 2. The molecule has 0 atom stereocenters. The molecule has 0 heterocycles. The van der Waals surface area contributed by atoms with Crippen molar-refractivity contribution < 1.29 is 13.6 Å². The van der Waals surface area contributed by atoms with Crippen molar-refractivity contribution in [2.45, 2.75) is 20.8 Å². The Morgan fingerprint density at radius 1 is 1.15 bits per heavy atom. The summed E-state index contributed by atoms with van der Waals surface area (Å²) in [5, 5.41) is 0. The summed E-state index contributed by atoms with van der Waals surface area (Å²) in [5.41, 5.74) is 0.158. The van der Waals surface area contributed by atoms with E-state index in [2.05, 4.69) is 0 Å². The van der Waals surface area contributed by atoms with Crippen LogP contribution in [0.25, 0.3) is 0 Å². The van der Waals surface area contributed by atoms with Crippen molar-refractivity contribution in [1.29, 1.82) is 0 Å². The van der Waals surface area contributed by atoms with Gasteiger partial charge in [-0.2, -0.15) is 0 Å². The predicted molar refractivity (Wildman–Crippen MR) is 45.8 cm³/mol. The largest absolute Gasteiger partial charge is 0.294 e. The quantitative estimate of drug-likeness (QED) is 0.613. The maximum absolute atomic E-state index is 13.2. The molecule has 0 N–H and O–H groups in total. The van der Waals surface area contributed by atoms with Gasteiger partial charge in [0.25, 0.3) is 0 Å². The lowest BCUT2D eigenvalue weighted by Crippen LogP contribution is -2.05. The predicted octanol–water partition coefficient (Wildman–Crippen LogP) is 2.78. The van der Waals surface area contributed by atoms with Crippen LogP contribution >= 0.6 is 0 Å². The lowest BCUT2D eigenvalue weighted by Gasteiger charge is -2.06. The van der Waals surface area contributed by atoms with E-state index in [9.17, 15) is 13.6 Å². The Morgan fingerprint density at radius 3 is 1.85 bits per heavy atom. The van der Waals surface area contributed by atoms with E-state index >= 15 is 0 Å². The van der Waals surface area contributed by atoms with Crippen LogP contribution in [0.4, 0.5) is 8.78 Å². The fourth-order valence-corrected chi connectivity index (χ4v) is 1.25.